The maximum absolute atomic E-state index is 12.3. The number of pyridine rings is 1. The fourth-order valence-corrected chi connectivity index (χ4v) is 4.38. The van der Waals surface area contributed by atoms with E-state index in [9.17, 15) is 9.90 Å². The molecule has 30 heavy (non-hydrogen) atoms. The molecule has 0 spiro atoms. The number of rotatable bonds is 3. The summed E-state index contributed by atoms with van der Waals surface area (Å²) in [6.45, 7) is 4.21. The lowest BCUT2D eigenvalue weighted by molar-refractivity contribution is 0.234. The minimum absolute atomic E-state index is 0.168. The molecule has 2 aromatic heterocycles. The molecule has 0 saturated carbocycles. The molecule has 3 heterocycles. The zero-order valence-corrected chi connectivity index (χ0v) is 16.8. The van der Waals surface area contributed by atoms with Crippen LogP contribution in [0.25, 0.3) is 11.5 Å². The Morgan fingerprint density at radius 3 is 2.10 bits per heavy atom. The maximum Gasteiger partial charge on any atom is 0.224 e. The van der Waals surface area contributed by atoms with Crippen molar-refractivity contribution in [2.45, 2.75) is 25.6 Å². The van der Waals surface area contributed by atoms with Crippen LogP contribution < -0.4 is 10.4 Å². The van der Waals surface area contributed by atoms with Crippen LogP contribution in [0.2, 0.25) is 0 Å². The molecule has 1 aliphatic heterocycles. The van der Waals surface area contributed by atoms with Crippen molar-refractivity contribution in [3.05, 3.63) is 107 Å². The maximum atomic E-state index is 12.3. The van der Waals surface area contributed by atoms with E-state index in [4.69, 9.17) is 0 Å². The lowest BCUT2D eigenvalue weighted by Crippen LogP contribution is -2.57. The second-order valence-corrected chi connectivity index (χ2v) is 7.91. The summed E-state index contributed by atoms with van der Waals surface area (Å²) in [5, 5.41) is 12.9. The molecule has 1 N–H and O–H groups in total. The van der Waals surface area contributed by atoms with Crippen molar-refractivity contribution in [2.75, 3.05) is 5.01 Å². The number of nitrogens with zero attached hydrogens (tertiary/aromatic N) is 4. The number of aromatic nitrogens is 3. The molecule has 0 bridgehead atoms. The number of hydrogen-bond donors (Lipinski definition) is 1. The van der Waals surface area contributed by atoms with Crippen LogP contribution in [0.15, 0.2) is 90.1 Å². The highest BCUT2D eigenvalue weighted by molar-refractivity contribution is 5.63. The van der Waals surface area contributed by atoms with E-state index < -0.39 is 11.1 Å². The fraction of sp³-hybridized carbons (Fsp3) is 0.167. The molecule has 0 saturated heterocycles. The molecule has 6 nitrogen and oxygen atoms in total. The van der Waals surface area contributed by atoms with E-state index in [0.29, 0.717) is 11.5 Å². The van der Waals surface area contributed by atoms with Crippen molar-refractivity contribution in [2.24, 2.45) is 0 Å². The molecule has 4 aromatic rings. The lowest BCUT2D eigenvalue weighted by atomic mass is 9.95. The van der Waals surface area contributed by atoms with E-state index in [1.54, 1.807) is 12.4 Å². The second kappa shape index (κ2) is 6.62. The summed E-state index contributed by atoms with van der Waals surface area (Å²) in [6, 6.07) is 21.7. The predicted octanol–water partition coefficient (Wildman–Crippen LogP) is 3.85. The monoisotopic (exact) mass is 398 g/mol. The molecule has 0 aliphatic carbocycles. The second-order valence-electron chi connectivity index (χ2n) is 7.91. The first-order valence-corrected chi connectivity index (χ1v) is 9.88. The van der Waals surface area contributed by atoms with E-state index >= 15 is 0 Å². The highest BCUT2D eigenvalue weighted by Crippen LogP contribution is 2.42. The first-order valence-electron chi connectivity index (χ1n) is 9.88. The van der Waals surface area contributed by atoms with Crippen molar-refractivity contribution >= 4 is 0 Å². The normalized spacial score (nSPS) is 14.4. The topological polar surface area (TPSA) is 63.3 Å². The summed E-state index contributed by atoms with van der Waals surface area (Å²) in [5.41, 5.74) is 1.63. The summed E-state index contributed by atoms with van der Waals surface area (Å²) < 4.78 is 3.87. The van der Waals surface area contributed by atoms with Gasteiger partial charge >= 0.3 is 0 Å². The SMILES string of the molecule is CC1(C)N(C(c2ccccc2)c2ccccc2)n2ccc(=O)c(O)c2-c2nccn21. The lowest BCUT2D eigenvalue weighted by Gasteiger charge is -2.51. The fourth-order valence-electron chi connectivity index (χ4n) is 4.38. The Morgan fingerprint density at radius 1 is 0.900 bits per heavy atom. The van der Waals surface area contributed by atoms with Gasteiger partial charge in [-0.15, -0.1) is 0 Å². The smallest absolute Gasteiger partial charge is 0.224 e. The third kappa shape index (κ3) is 2.57. The number of fused-ring (bicyclic) bond motifs is 3. The van der Waals surface area contributed by atoms with E-state index in [2.05, 4.69) is 48.1 Å². The van der Waals surface area contributed by atoms with Crippen molar-refractivity contribution in [1.82, 2.24) is 14.2 Å². The average molecular weight is 398 g/mol. The first kappa shape index (κ1) is 18.2. The van der Waals surface area contributed by atoms with Crippen LogP contribution in [0.5, 0.6) is 5.75 Å². The minimum atomic E-state index is -0.545. The van der Waals surface area contributed by atoms with E-state index in [0.717, 1.165) is 11.1 Å². The van der Waals surface area contributed by atoms with E-state index in [-0.39, 0.29) is 11.8 Å². The van der Waals surface area contributed by atoms with Gasteiger partial charge in [-0.05, 0) is 25.0 Å². The van der Waals surface area contributed by atoms with Crippen LogP contribution in [-0.4, -0.2) is 19.3 Å². The Bertz CT molecular complexity index is 1220. The molecule has 0 unspecified atom stereocenters. The van der Waals surface area contributed by atoms with Crippen LogP contribution >= 0.6 is 0 Å². The van der Waals surface area contributed by atoms with Gasteiger partial charge in [-0.2, -0.15) is 0 Å². The molecule has 0 atom stereocenters. The third-order valence-corrected chi connectivity index (χ3v) is 5.76. The van der Waals surface area contributed by atoms with Crippen LogP contribution in [0.1, 0.15) is 31.0 Å². The molecular formula is C24H22N4O2. The first-order chi connectivity index (χ1) is 14.5. The largest absolute Gasteiger partial charge is 0.503 e. The van der Waals surface area contributed by atoms with Gasteiger partial charge in [0, 0.05) is 24.7 Å². The molecule has 150 valence electrons. The van der Waals surface area contributed by atoms with Crippen LogP contribution in [0, 0.1) is 0 Å². The molecular weight excluding hydrogens is 376 g/mol. The van der Waals surface area contributed by atoms with Gasteiger partial charge in [-0.3, -0.25) is 14.5 Å². The van der Waals surface area contributed by atoms with Crippen molar-refractivity contribution in [3.63, 3.8) is 0 Å². The Hall–Kier alpha value is -3.80. The Kier molecular flexibility index (Phi) is 4.03. The number of imidazole rings is 1. The van der Waals surface area contributed by atoms with Crippen LogP contribution in [0.3, 0.4) is 0 Å². The van der Waals surface area contributed by atoms with Gasteiger partial charge in [0.15, 0.2) is 17.3 Å². The number of aromatic hydroxyl groups is 1. The molecule has 5 rings (SSSR count). The molecule has 1 aliphatic rings. The Labute approximate surface area is 174 Å². The van der Waals surface area contributed by atoms with Gasteiger partial charge in [0.05, 0.1) is 6.04 Å². The minimum Gasteiger partial charge on any atom is -0.503 e. The van der Waals surface area contributed by atoms with E-state index in [1.165, 1.54) is 6.07 Å². The number of hydrogen-bond acceptors (Lipinski definition) is 4. The molecule has 0 radical (unpaired) electrons. The van der Waals surface area contributed by atoms with Crippen molar-refractivity contribution in [3.8, 4) is 17.3 Å². The molecule has 2 aromatic carbocycles. The van der Waals surface area contributed by atoms with Crippen LogP contribution in [-0.2, 0) is 5.66 Å². The summed E-state index contributed by atoms with van der Waals surface area (Å²) in [4.78, 5) is 16.7. The van der Waals surface area contributed by atoms with Gasteiger partial charge in [-0.25, -0.2) is 4.98 Å². The predicted molar refractivity (Wildman–Crippen MR) is 116 cm³/mol. The van der Waals surface area contributed by atoms with Crippen molar-refractivity contribution < 1.29 is 5.11 Å². The van der Waals surface area contributed by atoms with E-state index in [1.807, 2.05) is 51.8 Å². The van der Waals surface area contributed by atoms with Crippen LogP contribution in [0.4, 0.5) is 0 Å². The summed E-state index contributed by atoms with van der Waals surface area (Å²) in [5.74, 6) is 0.261. The highest BCUT2D eigenvalue weighted by Gasteiger charge is 2.43. The zero-order valence-electron chi connectivity index (χ0n) is 16.8. The molecule has 0 fully saturated rings. The standard InChI is InChI=1S/C24H22N4O2/c1-24(2)26-16-14-25-23(26)21-22(30)19(29)13-15-27(21)28(24)20(17-9-5-3-6-10-17)18-11-7-4-8-12-18/h3-16,20,30H,1-2H3. The van der Waals surface area contributed by atoms with Gasteiger partial charge in [-0.1, -0.05) is 60.7 Å². The zero-order chi connectivity index (χ0) is 20.9. The number of benzene rings is 2. The van der Waals surface area contributed by atoms with Gasteiger partial charge in [0.25, 0.3) is 0 Å². The Balaban J connectivity index is 1.84. The Morgan fingerprint density at radius 2 is 1.50 bits per heavy atom. The summed E-state index contributed by atoms with van der Waals surface area (Å²) in [7, 11) is 0. The average Bonchev–Trinajstić information content (AvgIpc) is 3.25. The van der Waals surface area contributed by atoms with Gasteiger partial charge < -0.3 is 9.67 Å². The highest BCUT2D eigenvalue weighted by atomic mass is 16.3. The molecule has 6 heteroatoms. The van der Waals surface area contributed by atoms with Gasteiger partial charge in [0.2, 0.25) is 5.43 Å². The quantitative estimate of drug-likeness (QED) is 0.569. The molecule has 0 amide bonds. The third-order valence-electron chi connectivity index (χ3n) is 5.76. The van der Waals surface area contributed by atoms with Crippen molar-refractivity contribution in [1.29, 1.82) is 0 Å². The van der Waals surface area contributed by atoms with Gasteiger partial charge in [0.1, 0.15) is 5.66 Å². The summed E-state index contributed by atoms with van der Waals surface area (Å²) in [6.07, 6.45) is 5.30. The summed E-state index contributed by atoms with van der Waals surface area (Å²) >= 11 is 0.